The normalized spacial score (nSPS) is 11.4. The van der Waals surface area contributed by atoms with Crippen LogP contribution in [0.15, 0.2) is 231 Å². The molecule has 0 aliphatic heterocycles. The maximum Gasteiger partial charge on any atom is 0.211 e. The van der Waals surface area contributed by atoms with Crippen molar-refractivity contribution in [3.05, 3.63) is 242 Å². The Hall–Kier alpha value is -8.78. The van der Waals surface area contributed by atoms with Gasteiger partial charge in [-0.05, 0) is 104 Å². The molecule has 0 fully saturated rings. The van der Waals surface area contributed by atoms with Gasteiger partial charge in [0.05, 0.1) is 40.0 Å². The number of benzene rings is 9. The van der Waals surface area contributed by atoms with Gasteiger partial charge in [-0.25, -0.2) is 4.85 Å². The van der Waals surface area contributed by atoms with Crippen LogP contribution in [-0.2, 0) is 0 Å². The quantitative estimate of drug-likeness (QED) is 0.147. The highest BCUT2D eigenvalue weighted by atomic mass is 15.0. The molecule has 0 saturated carbocycles. The molecule has 0 amide bonds. The second-order valence-corrected chi connectivity index (χ2v) is 16.2. The average Bonchev–Trinajstić information content (AvgIpc) is 3.88. The Labute approximate surface area is 371 Å². The molecule has 0 aliphatic carbocycles. The molecular weight excluding hydrogens is 777 g/mol. The zero-order valence-corrected chi connectivity index (χ0v) is 34.7. The first-order valence-corrected chi connectivity index (χ1v) is 21.6. The van der Waals surface area contributed by atoms with Crippen LogP contribution in [0.3, 0.4) is 0 Å². The van der Waals surface area contributed by atoms with Crippen molar-refractivity contribution in [3.63, 3.8) is 0 Å². The molecule has 4 heteroatoms. The lowest BCUT2D eigenvalue weighted by atomic mass is 9.94. The number of nitrogens with zero attached hydrogens (tertiary/aromatic N) is 4. The van der Waals surface area contributed by atoms with Gasteiger partial charge in [-0.1, -0.05) is 170 Å². The van der Waals surface area contributed by atoms with E-state index < -0.39 is 0 Å². The number of fused-ring (bicyclic) bond motifs is 6. The van der Waals surface area contributed by atoms with Gasteiger partial charge in [0.2, 0.25) is 5.69 Å². The third kappa shape index (κ3) is 6.02. The maximum atomic E-state index is 8.78. The fraction of sp³-hybridized carbons (Fsp3) is 0. The van der Waals surface area contributed by atoms with Crippen LogP contribution in [0.25, 0.3) is 115 Å². The van der Waals surface area contributed by atoms with Crippen LogP contribution >= 0.6 is 0 Å². The van der Waals surface area contributed by atoms with Gasteiger partial charge in [-0.2, -0.15) is 0 Å². The smallest absolute Gasteiger partial charge is 0.211 e. The number of hydrogen-bond acceptors (Lipinski definition) is 1. The number of para-hydroxylation sites is 2. The minimum absolute atomic E-state index is 0.562. The molecule has 12 rings (SSSR count). The molecule has 3 heterocycles. The van der Waals surface area contributed by atoms with E-state index >= 15 is 0 Å². The van der Waals surface area contributed by atoms with Crippen LogP contribution < -0.4 is 0 Å². The molecule has 0 N–H and O–H groups in total. The summed E-state index contributed by atoms with van der Waals surface area (Å²) >= 11 is 0. The van der Waals surface area contributed by atoms with Gasteiger partial charge in [-0.15, -0.1) is 0 Å². The lowest BCUT2D eigenvalue weighted by Gasteiger charge is -2.19. The van der Waals surface area contributed by atoms with Crippen LogP contribution in [-0.4, -0.2) is 14.1 Å². The summed E-state index contributed by atoms with van der Waals surface area (Å²) in [7, 11) is 0. The summed E-state index contributed by atoms with van der Waals surface area (Å²) in [6.45, 7) is 8.78. The zero-order chi connectivity index (χ0) is 42.6. The number of aromatic nitrogens is 3. The van der Waals surface area contributed by atoms with E-state index in [0.29, 0.717) is 5.69 Å². The van der Waals surface area contributed by atoms with Crippen LogP contribution in [0.5, 0.6) is 0 Å². The first-order chi connectivity index (χ1) is 31.7. The number of rotatable bonds is 7. The fourth-order valence-corrected chi connectivity index (χ4v) is 9.79. The van der Waals surface area contributed by atoms with E-state index in [0.717, 1.165) is 82.8 Å². The van der Waals surface area contributed by atoms with Crippen LogP contribution in [0.1, 0.15) is 0 Å². The number of pyridine rings is 1. The van der Waals surface area contributed by atoms with Crippen LogP contribution in [0.2, 0.25) is 0 Å². The highest BCUT2D eigenvalue weighted by Gasteiger charge is 2.23. The molecule has 0 aliphatic rings. The van der Waals surface area contributed by atoms with Crippen molar-refractivity contribution in [2.75, 3.05) is 0 Å². The Bertz CT molecular complexity index is 3780. The molecule has 0 atom stereocenters. The molecule has 0 bridgehead atoms. The molecule has 12 aromatic rings. The van der Waals surface area contributed by atoms with E-state index in [1.807, 2.05) is 24.5 Å². The second-order valence-electron chi connectivity index (χ2n) is 16.2. The highest BCUT2D eigenvalue weighted by Crippen LogP contribution is 2.45. The van der Waals surface area contributed by atoms with Gasteiger partial charge in [-0.3, -0.25) is 4.98 Å². The van der Waals surface area contributed by atoms with E-state index in [2.05, 4.69) is 225 Å². The first-order valence-electron chi connectivity index (χ1n) is 21.6. The summed E-state index contributed by atoms with van der Waals surface area (Å²) in [5, 5.41) is 4.59. The van der Waals surface area contributed by atoms with Crippen molar-refractivity contribution in [1.29, 1.82) is 0 Å². The molecule has 298 valence electrons. The van der Waals surface area contributed by atoms with Crippen molar-refractivity contribution in [1.82, 2.24) is 14.1 Å². The minimum Gasteiger partial charge on any atom is -0.319 e. The van der Waals surface area contributed by atoms with Crippen LogP contribution in [0.4, 0.5) is 5.69 Å². The standard InChI is InChI=1S/C60H38N4/c1-61-54-38-53(42-32-34-62-35-33-42)59(63-55-26-14-12-24-49(55)51-30-28-43(36-57(51)63)47-22-10-8-20-45(47)40-16-4-2-5-17-40)39-60(54)64-56-27-15-13-25-50(56)52-31-29-44(37-58(52)64)48-23-11-9-21-46(48)41-18-6-3-7-19-41/h2-39H. The maximum absolute atomic E-state index is 8.78. The molecule has 3 aromatic heterocycles. The van der Waals surface area contributed by atoms with Crippen molar-refractivity contribution in [2.24, 2.45) is 0 Å². The highest BCUT2D eigenvalue weighted by molar-refractivity contribution is 6.13. The summed E-state index contributed by atoms with van der Waals surface area (Å²) in [6, 6.07) is 77.7. The van der Waals surface area contributed by atoms with Gasteiger partial charge >= 0.3 is 0 Å². The molecule has 0 saturated heterocycles. The molecule has 4 nitrogen and oxygen atoms in total. The lowest BCUT2D eigenvalue weighted by Crippen LogP contribution is -2.02. The summed E-state index contributed by atoms with van der Waals surface area (Å²) in [5.41, 5.74) is 17.8. The summed E-state index contributed by atoms with van der Waals surface area (Å²) in [5.74, 6) is 0. The van der Waals surface area contributed by atoms with Crippen molar-refractivity contribution < 1.29 is 0 Å². The van der Waals surface area contributed by atoms with E-state index in [4.69, 9.17) is 6.57 Å². The third-order valence-corrected chi connectivity index (χ3v) is 12.7. The fourth-order valence-electron chi connectivity index (χ4n) is 9.79. The second kappa shape index (κ2) is 15.3. The monoisotopic (exact) mass is 814 g/mol. The molecule has 9 aromatic carbocycles. The summed E-state index contributed by atoms with van der Waals surface area (Å²) in [4.78, 5) is 8.70. The third-order valence-electron chi connectivity index (χ3n) is 12.7. The largest absolute Gasteiger partial charge is 0.319 e. The zero-order valence-electron chi connectivity index (χ0n) is 34.7. The Morgan fingerprint density at radius 1 is 0.312 bits per heavy atom. The van der Waals surface area contributed by atoms with Gasteiger partial charge in [0.15, 0.2) is 0 Å². The minimum atomic E-state index is 0.562. The molecule has 64 heavy (non-hydrogen) atoms. The SMILES string of the molecule is [C-]#[N+]c1cc(-c2ccncc2)c(-n2c3ccccc3c3ccc(-c4ccccc4-c4ccccc4)cc32)cc1-n1c2ccccc2c2ccc(-c3ccccc3-c3ccccc3)cc21. The predicted molar refractivity (Wildman–Crippen MR) is 266 cm³/mol. The average molecular weight is 815 g/mol. The predicted octanol–water partition coefficient (Wildman–Crippen LogP) is 16.2. The van der Waals surface area contributed by atoms with Gasteiger partial charge in [0.25, 0.3) is 0 Å². The molecular formula is C60H38N4. The molecule has 0 radical (unpaired) electrons. The molecule has 0 spiro atoms. The summed E-state index contributed by atoms with van der Waals surface area (Å²) < 4.78 is 4.71. The van der Waals surface area contributed by atoms with Gasteiger partial charge in [0, 0.05) is 33.9 Å². The number of hydrogen-bond donors (Lipinski definition) is 0. The van der Waals surface area contributed by atoms with Crippen LogP contribution in [0, 0.1) is 6.57 Å². The van der Waals surface area contributed by atoms with Gasteiger partial charge in [0.1, 0.15) is 0 Å². The Kier molecular flexibility index (Phi) is 8.84. The summed E-state index contributed by atoms with van der Waals surface area (Å²) in [6.07, 6.45) is 3.66. The topological polar surface area (TPSA) is 27.1 Å². The van der Waals surface area contributed by atoms with Gasteiger partial charge < -0.3 is 9.13 Å². The Morgan fingerprint density at radius 2 is 0.719 bits per heavy atom. The first kappa shape index (κ1) is 37.0. The van der Waals surface area contributed by atoms with Crippen molar-refractivity contribution in [2.45, 2.75) is 0 Å². The van der Waals surface area contributed by atoms with Crippen molar-refractivity contribution in [3.8, 4) is 67.0 Å². The molecule has 0 unspecified atom stereocenters. The van der Waals surface area contributed by atoms with E-state index in [1.54, 1.807) is 0 Å². The van der Waals surface area contributed by atoms with E-state index in [-0.39, 0.29) is 0 Å². The van der Waals surface area contributed by atoms with Crippen molar-refractivity contribution >= 4 is 49.3 Å². The van der Waals surface area contributed by atoms with E-state index in [1.165, 1.54) is 27.8 Å². The Balaban J connectivity index is 1.15. The Morgan fingerprint density at radius 3 is 1.22 bits per heavy atom. The van der Waals surface area contributed by atoms with E-state index in [9.17, 15) is 0 Å². The lowest BCUT2D eigenvalue weighted by molar-refractivity contribution is 1.14.